The van der Waals surface area contributed by atoms with Gasteiger partial charge in [0, 0.05) is 30.5 Å². The summed E-state index contributed by atoms with van der Waals surface area (Å²) in [5.41, 5.74) is 2.13. The van der Waals surface area contributed by atoms with Crippen LogP contribution in [0.4, 0.5) is 11.6 Å². The average molecular weight is 351 g/mol. The van der Waals surface area contributed by atoms with Gasteiger partial charge in [-0.15, -0.1) is 0 Å². The van der Waals surface area contributed by atoms with E-state index in [2.05, 4.69) is 44.4 Å². The molecule has 0 saturated carbocycles. The molecule has 0 spiro atoms. The monoisotopic (exact) mass is 351 g/mol. The highest BCUT2D eigenvalue weighted by Gasteiger charge is 2.27. The molecule has 1 saturated heterocycles. The summed E-state index contributed by atoms with van der Waals surface area (Å²) < 4.78 is 4.99. The first-order chi connectivity index (χ1) is 12.6. The normalized spacial score (nSPS) is 15.4. The number of nitrogens with zero attached hydrogens (tertiary/aromatic N) is 4. The Kier molecular flexibility index (Phi) is 4.28. The van der Waals surface area contributed by atoms with E-state index >= 15 is 0 Å². The molecule has 7 nitrogen and oxygen atoms in total. The van der Waals surface area contributed by atoms with E-state index in [1.807, 2.05) is 6.07 Å². The number of anilines is 2. The second kappa shape index (κ2) is 6.74. The highest BCUT2D eigenvalue weighted by Crippen LogP contribution is 2.28. The van der Waals surface area contributed by atoms with Crippen molar-refractivity contribution in [3.05, 3.63) is 41.9 Å². The molecular formula is C19H21N5O2. The van der Waals surface area contributed by atoms with Crippen LogP contribution in [0, 0.1) is 19.8 Å². The third kappa shape index (κ3) is 3.24. The first-order valence-corrected chi connectivity index (χ1v) is 8.80. The van der Waals surface area contributed by atoms with E-state index in [9.17, 15) is 4.79 Å². The van der Waals surface area contributed by atoms with Gasteiger partial charge < -0.3 is 14.7 Å². The number of fused-ring (bicyclic) bond motifs is 1. The molecule has 0 atom stereocenters. The van der Waals surface area contributed by atoms with Crippen molar-refractivity contribution in [1.29, 1.82) is 0 Å². The van der Waals surface area contributed by atoms with Gasteiger partial charge in [0.05, 0.1) is 5.52 Å². The van der Waals surface area contributed by atoms with Gasteiger partial charge in [-0.2, -0.15) is 0 Å². The summed E-state index contributed by atoms with van der Waals surface area (Å²) in [5, 5.41) is 7.72. The zero-order valence-electron chi connectivity index (χ0n) is 14.9. The lowest BCUT2D eigenvalue weighted by Crippen LogP contribution is -2.38. The summed E-state index contributed by atoms with van der Waals surface area (Å²) in [6.07, 6.45) is 3.17. The van der Waals surface area contributed by atoms with Crippen molar-refractivity contribution >= 4 is 28.4 Å². The first kappa shape index (κ1) is 16.5. The number of amides is 1. The Morgan fingerprint density at radius 1 is 1.19 bits per heavy atom. The van der Waals surface area contributed by atoms with Crippen LogP contribution in [0.3, 0.4) is 0 Å². The Hall–Kier alpha value is -2.96. The second-order valence-corrected chi connectivity index (χ2v) is 6.79. The number of nitrogens with one attached hydrogen (secondary N) is 1. The van der Waals surface area contributed by atoms with Crippen LogP contribution in [-0.2, 0) is 4.79 Å². The van der Waals surface area contributed by atoms with Crippen LogP contribution in [0.5, 0.6) is 0 Å². The lowest BCUT2D eigenvalue weighted by atomic mass is 9.95. The van der Waals surface area contributed by atoms with E-state index < -0.39 is 0 Å². The van der Waals surface area contributed by atoms with Gasteiger partial charge in [-0.1, -0.05) is 16.8 Å². The lowest BCUT2D eigenvalue weighted by molar-refractivity contribution is -0.120. The number of piperidine rings is 1. The van der Waals surface area contributed by atoms with Crippen molar-refractivity contribution in [3.63, 3.8) is 0 Å². The molecule has 134 valence electrons. The van der Waals surface area contributed by atoms with Crippen molar-refractivity contribution in [1.82, 2.24) is 15.1 Å². The quantitative estimate of drug-likeness (QED) is 0.781. The fraction of sp³-hybridized carbons (Fsp3) is 0.368. The Labute approximate surface area is 151 Å². The van der Waals surface area contributed by atoms with Crippen molar-refractivity contribution in [2.75, 3.05) is 23.3 Å². The van der Waals surface area contributed by atoms with Crippen LogP contribution >= 0.6 is 0 Å². The standard InChI is InChI=1S/C19H21N5O2/c1-12-3-4-16-15(9-12)18(21-11-20-16)24-7-5-14(6-8-24)19(25)22-17-10-13(2)26-23-17/h3-4,9-11,14H,5-8H2,1-2H3,(H,22,23,25). The van der Waals surface area contributed by atoms with E-state index in [1.165, 1.54) is 5.56 Å². The van der Waals surface area contributed by atoms with E-state index in [0.29, 0.717) is 11.6 Å². The van der Waals surface area contributed by atoms with Crippen LogP contribution in [0.2, 0.25) is 0 Å². The number of rotatable bonds is 3. The SMILES string of the molecule is Cc1ccc2ncnc(N3CCC(C(=O)Nc4cc(C)on4)CC3)c2c1. The Morgan fingerprint density at radius 3 is 2.73 bits per heavy atom. The second-order valence-electron chi connectivity index (χ2n) is 6.79. The summed E-state index contributed by atoms with van der Waals surface area (Å²) in [6.45, 7) is 5.44. The van der Waals surface area contributed by atoms with E-state index in [1.54, 1.807) is 19.3 Å². The highest BCUT2D eigenvalue weighted by molar-refractivity contribution is 5.92. The summed E-state index contributed by atoms with van der Waals surface area (Å²) in [7, 11) is 0. The van der Waals surface area contributed by atoms with E-state index in [4.69, 9.17) is 4.52 Å². The Balaban J connectivity index is 1.45. The Morgan fingerprint density at radius 2 is 2.00 bits per heavy atom. The molecule has 1 fully saturated rings. The number of carbonyl (C=O) groups is 1. The molecule has 2 aromatic heterocycles. The van der Waals surface area contributed by atoms with Gasteiger partial charge in [0.25, 0.3) is 0 Å². The zero-order valence-corrected chi connectivity index (χ0v) is 14.9. The van der Waals surface area contributed by atoms with Crippen molar-refractivity contribution in [2.45, 2.75) is 26.7 Å². The predicted octanol–water partition coefficient (Wildman–Crippen LogP) is 3.09. The van der Waals surface area contributed by atoms with Gasteiger partial charge in [0.1, 0.15) is 17.9 Å². The summed E-state index contributed by atoms with van der Waals surface area (Å²) >= 11 is 0. The lowest BCUT2D eigenvalue weighted by Gasteiger charge is -2.32. The molecule has 0 aliphatic carbocycles. The first-order valence-electron chi connectivity index (χ1n) is 8.80. The molecule has 26 heavy (non-hydrogen) atoms. The van der Waals surface area contributed by atoms with Crippen molar-refractivity contribution < 1.29 is 9.32 Å². The zero-order chi connectivity index (χ0) is 18.1. The molecule has 1 aliphatic heterocycles. The average Bonchev–Trinajstić information content (AvgIpc) is 3.06. The highest BCUT2D eigenvalue weighted by atomic mass is 16.5. The molecule has 0 bridgehead atoms. The number of hydrogen-bond acceptors (Lipinski definition) is 6. The predicted molar refractivity (Wildman–Crippen MR) is 99.1 cm³/mol. The number of aromatic nitrogens is 3. The molecule has 4 rings (SSSR count). The van der Waals surface area contributed by atoms with Crippen LogP contribution in [-0.4, -0.2) is 34.1 Å². The van der Waals surface area contributed by atoms with Crippen LogP contribution in [0.1, 0.15) is 24.2 Å². The fourth-order valence-corrected chi connectivity index (χ4v) is 3.42. The maximum atomic E-state index is 12.4. The minimum Gasteiger partial charge on any atom is -0.360 e. The van der Waals surface area contributed by atoms with Crippen molar-refractivity contribution in [3.8, 4) is 0 Å². The van der Waals surface area contributed by atoms with Gasteiger partial charge in [-0.3, -0.25) is 4.79 Å². The molecule has 1 aromatic carbocycles. The molecule has 0 unspecified atom stereocenters. The molecule has 3 aromatic rings. The molecule has 3 heterocycles. The maximum absolute atomic E-state index is 12.4. The third-order valence-electron chi connectivity index (χ3n) is 4.81. The smallest absolute Gasteiger partial charge is 0.228 e. The van der Waals surface area contributed by atoms with Crippen LogP contribution in [0.15, 0.2) is 35.1 Å². The minimum absolute atomic E-state index is 0.00124. The molecule has 0 radical (unpaired) electrons. The maximum Gasteiger partial charge on any atom is 0.228 e. The molecular weight excluding hydrogens is 330 g/mol. The van der Waals surface area contributed by atoms with Gasteiger partial charge in [0.2, 0.25) is 5.91 Å². The van der Waals surface area contributed by atoms with E-state index in [-0.39, 0.29) is 11.8 Å². The molecule has 1 aliphatic rings. The van der Waals surface area contributed by atoms with Crippen LogP contribution < -0.4 is 10.2 Å². The summed E-state index contributed by atoms with van der Waals surface area (Å²) in [5.74, 6) is 2.08. The van der Waals surface area contributed by atoms with Gasteiger partial charge in [0.15, 0.2) is 5.82 Å². The Bertz CT molecular complexity index is 944. The molecule has 7 heteroatoms. The number of aryl methyl sites for hydroxylation is 2. The third-order valence-corrected chi connectivity index (χ3v) is 4.81. The molecule has 1 amide bonds. The largest absolute Gasteiger partial charge is 0.360 e. The fourth-order valence-electron chi connectivity index (χ4n) is 3.42. The van der Waals surface area contributed by atoms with E-state index in [0.717, 1.165) is 42.7 Å². The summed E-state index contributed by atoms with van der Waals surface area (Å²) in [4.78, 5) is 23.5. The number of carbonyl (C=O) groups excluding carboxylic acids is 1. The summed E-state index contributed by atoms with van der Waals surface area (Å²) in [6, 6.07) is 7.93. The number of hydrogen-bond donors (Lipinski definition) is 1. The topological polar surface area (TPSA) is 84.2 Å². The number of benzene rings is 1. The van der Waals surface area contributed by atoms with Gasteiger partial charge in [-0.25, -0.2) is 9.97 Å². The van der Waals surface area contributed by atoms with Gasteiger partial charge in [-0.05, 0) is 38.8 Å². The minimum atomic E-state index is -0.0295. The van der Waals surface area contributed by atoms with Crippen LogP contribution in [0.25, 0.3) is 10.9 Å². The van der Waals surface area contributed by atoms with Gasteiger partial charge >= 0.3 is 0 Å². The molecule has 1 N–H and O–H groups in total. The van der Waals surface area contributed by atoms with Crippen molar-refractivity contribution in [2.24, 2.45) is 5.92 Å².